The lowest BCUT2D eigenvalue weighted by Gasteiger charge is -2.31. The average molecular weight is 223 g/mol. The minimum absolute atomic E-state index is 0.319. The fourth-order valence-electron chi connectivity index (χ4n) is 1.53. The van der Waals surface area contributed by atoms with Crippen LogP contribution in [-0.2, 0) is 0 Å². The second-order valence-electron chi connectivity index (χ2n) is 5.50. The third-order valence-corrected chi connectivity index (χ3v) is 3.66. The van der Waals surface area contributed by atoms with Crippen molar-refractivity contribution in [3.05, 3.63) is 24.2 Å². The SMILES string of the molecule is CCC(NCC(C)(C)C(C)C)c1ccco1. The summed E-state index contributed by atoms with van der Waals surface area (Å²) in [4.78, 5) is 0. The fourth-order valence-corrected chi connectivity index (χ4v) is 1.53. The Labute approximate surface area is 99.4 Å². The highest BCUT2D eigenvalue weighted by Crippen LogP contribution is 2.26. The normalized spacial score (nSPS) is 14.4. The number of furan rings is 1. The number of hydrogen-bond acceptors (Lipinski definition) is 2. The largest absolute Gasteiger partial charge is 0.468 e. The van der Waals surface area contributed by atoms with E-state index in [0.29, 0.717) is 17.4 Å². The number of rotatable bonds is 6. The van der Waals surface area contributed by atoms with Crippen LogP contribution in [0.1, 0.15) is 52.8 Å². The molecule has 16 heavy (non-hydrogen) atoms. The minimum Gasteiger partial charge on any atom is -0.468 e. The van der Waals surface area contributed by atoms with Crippen molar-refractivity contribution in [3.8, 4) is 0 Å². The summed E-state index contributed by atoms with van der Waals surface area (Å²) in [7, 11) is 0. The van der Waals surface area contributed by atoms with E-state index in [1.165, 1.54) is 0 Å². The molecule has 1 heterocycles. The van der Waals surface area contributed by atoms with Crippen molar-refractivity contribution in [2.45, 2.75) is 47.1 Å². The Morgan fingerprint density at radius 2 is 2.06 bits per heavy atom. The Morgan fingerprint density at radius 3 is 2.50 bits per heavy atom. The van der Waals surface area contributed by atoms with E-state index in [0.717, 1.165) is 18.7 Å². The fraction of sp³-hybridized carbons (Fsp3) is 0.714. The molecule has 2 nitrogen and oxygen atoms in total. The van der Waals surface area contributed by atoms with Gasteiger partial charge in [-0.3, -0.25) is 0 Å². The van der Waals surface area contributed by atoms with Gasteiger partial charge in [0.25, 0.3) is 0 Å². The van der Waals surface area contributed by atoms with Crippen LogP contribution in [0.5, 0.6) is 0 Å². The third kappa shape index (κ3) is 3.38. The molecule has 0 spiro atoms. The summed E-state index contributed by atoms with van der Waals surface area (Å²) in [5.41, 5.74) is 0.319. The monoisotopic (exact) mass is 223 g/mol. The van der Waals surface area contributed by atoms with Gasteiger partial charge in [-0.05, 0) is 29.9 Å². The highest BCUT2D eigenvalue weighted by Gasteiger charge is 2.23. The Hall–Kier alpha value is -0.760. The first kappa shape index (κ1) is 13.3. The standard InChI is InChI=1S/C14H25NO/c1-6-12(13-8-7-9-16-13)15-10-14(4,5)11(2)3/h7-9,11-12,15H,6,10H2,1-5H3. The van der Waals surface area contributed by atoms with Crippen molar-refractivity contribution in [1.82, 2.24) is 5.32 Å². The molecule has 0 aromatic carbocycles. The van der Waals surface area contributed by atoms with E-state index in [-0.39, 0.29) is 0 Å². The van der Waals surface area contributed by atoms with Crippen LogP contribution in [0.15, 0.2) is 22.8 Å². The Balaban J connectivity index is 2.53. The maximum Gasteiger partial charge on any atom is 0.120 e. The molecule has 1 atom stereocenters. The second kappa shape index (κ2) is 5.53. The van der Waals surface area contributed by atoms with Gasteiger partial charge in [-0.25, -0.2) is 0 Å². The zero-order chi connectivity index (χ0) is 12.2. The highest BCUT2D eigenvalue weighted by molar-refractivity contribution is 5.04. The summed E-state index contributed by atoms with van der Waals surface area (Å²) < 4.78 is 5.45. The number of hydrogen-bond donors (Lipinski definition) is 1. The van der Waals surface area contributed by atoms with Crippen molar-refractivity contribution in [2.75, 3.05) is 6.54 Å². The summed E-state index contributed by atoms with van der Waals surface area (Å²) in [6, 6.07) is 4.34. The predicted octanol–water partition coefficient (Wildman–Crippen LogP) is 4.00. The minimum atomic E-state index is 0.319. The molecule has 0 aliphatic heterocycles. The van der Waals surface area contributed by atoms with Gasteiger partial charge < -0.3 is 9.73 Å². The molecule has 2 heteroatoms. The van der Waals surface area contributed by atoms with Crippen LogP contribution in [0, 0.1) is 11.3 Å². The lowest BCUT2D eigenvalue weighted by atomic mass is 9.81. The third-order valence-electron chi connectivity index (χ3n) is 3.66. The molecule has 0 aliphatic carbocycles. The molecule has 0 saturated heterocycles. The van der Waals surface area contributed by atoms with Crippen LogP contribution >= 0.6 is 0 Å². The van der Waals surface area contributed by atoms with Crippen LogP contribution in [-0.4, -0.2) is 6.54 Å². The van der Waals surface area contributed by atoms with Crippen molar-refractivity contribution in [2.24, 2.45) is 11.3 Å². The molecule has 0 radical (unpaired) electrons. The molecule has 0 aliphatic rings. The van der Waals surface area contributed by atoms with Crippen molar-refractivity contribution >= 4 is 0 Å². The topological polar surface area (TPSA) is 25.2 Å². The molecular weight excluding hydrogens is 198 g/mol. The van der Waals surface area contributed by atoms with E-state index >= 15 is 0 Å². The van der Waals surface area contributed by atoms with Gasteiger partial charge in [0.05, 0.1) is 12.3 Å². The summed E-state index contributed by atoms with van der Waals surface area (Å²) in [6.45, 7) is 12.4. The first-order chi connectivity index (χ1) is 7.47. The molecule has 1 rings (SSSR count). The quantitative estimate of drug-likeness (QED) is 0.788. The molecule has 0 fully saturated rings. The molecule has 0 amide bonds. The van der Waals surface area contributed by atoms with Crippen LogP contribution in [0.2, 0.25) is 0 Å². The van der Waals surface area contributed by atoms with Gasteiger partial charge in [0, 0.05) is 6.54 Å². The van der Waals surface area contributed by atoms with Gasteiger partial charge in [-0.2, -0.15) is 0 Å². The Kier molecular flexibility index (Phi) is 4.60. The first-order valence-corrected chi connectivity index (χ1v) is 6.24. The van der Waals surface area contributed by atoms with E-state index in [2.05, 4.69) is 39.9 Å². The molecule has 0 saturated carbocycles. The molecule has 1 aromatic rings. The first-order valence-electron chi connectivity index (χ1n) is 6.24. The van der Waals surface area contributed by atoms with E-state index in [1.54, 1.807) is 6.26 Å². The molecule has 1 unspecified atom stereocenters. The van der Waals surface area contributed by atoms with Gasteiger partial charge in [-0.1, -0.05) is 34.6 Å². The summed E-state index contributed by atoms with van der Waals surface area (Å²) >= 11 is 0. The second-order valence-corrected chi connectivity index (χ2v) is 5.50. The summed E-state index contributed by atoms with van der Waals surface area (Å²) in [5.74, 6) is 1.72. The average Bonchev–Trinajstić information content (AvgIpc) is 2.71. The summed E-state index contributed by atoms with van der Waals surface area (Å²) in [5, 5.41) is 3.60. The van der Waals surface area contributed by atoms with Crippen LogP contribution in [0.4, 0.5) is 0 Å². The van der Waals surface area contributed by atoms with E-state index in [4.69, 9.17) is 4.42 Å². The van der Waals surface area contributed by atoms with Crippen molar-refractivity contribution in [3.63, 3.8) is 0 Å². The maximum absolute atomic E-state index is 5.45. The van der Waals surface area contributed by atoms with Crippen LogP contribution in [0.3, 0.4) is 0 Å². The smallest absolute Gasteiger partial charge is 0.120 e. The van der Waals surface area contributed by atoms with Gasteiger partial charge >= 0.3 is 0 Å². The van der Waals surface area contributed by atoms with Gasteiger partial charge in [-0.15, -0.1) is 0 Å². The zero-order valence-electron chi connectivity index (χ0n) is 11.2. The molecular formula is C14H25NO. The van der Waals surface area contributed by atoms with Crippen molar-refractivity contribution < 1.29 is 4.42 Å². The zero-order valence-corrected chi connectivity index (χ0v) is 11.2. The van der Waals surface area contributed by atoms with Crippen molar-refractivity contribution in [1.29, 1.82) is 0 Å². The van der Waals surface area contributed by atoms with Gasteiger partial charge in [0.1, 0.15) is 5.76 Å². The van der Waals surface area contributed by atoms with E-state index in [9.17, 15) is 0 Å². The maximum atomic E-state index is 5.45. The lowest BCUT2D eigenvalue weighted by molar-refractivity contribution is 0.222. The van der Waals surface area contributed by atoms with E-state index < -0.39 is 0 Å². The van der Waals surface area contributed by atoms with Gasteiger partial charge in [0.15, 0.2) is 0 Å². The van der Waals surface area contributed by atoms with Crippen LogP contribution in [0.25, 0.3) is 0 Å². The summed E-state index contributed by atoms with van der Waals surface area (Å²) in [6.07, 6.45) is 2.80. The lowest BCUT2D eigenvalue weighted by Crippen LogP contribution is -2.35. The molecule has 1 aromatic heterocycles. The predicted molar refractivity (Wildman–Crippen MR) is 68.4 cm³/mol. The van der Waals surface area contributed by atoms with Gasteiger partial charge in [0.2, 0.25) is 0 Å². The number of nitrogens with one attached hydrogen (secondary N) is 1. The molecule has 92 valence electrons. The molecule has 0 bridgehead atoms. The van der Waals surface area contributed by atoms with E-state index in [1.807, 2.05) is 12.1 Å². The Morgan fingerprint density at radius 1 is 1.38 bits per heavy atom. The Bertz CT molecular complexity index is 288. The molecule has 1 N–H and O–H groups in total. The highest BCUT2D eigenvalue weighted by atomic mass is 16.3. The van der Waals surface area contributed by atoms with Crippen LogP contribution < -0.4 is 5.32 Å².